The molecule has 0 aromatic heterocycles. The maximum Gasteiger partial charge on any atom is 0.327 e. The van der Waals surface area contributed by atoms with Gasteiger partial charge in [-0.25, -0.2) is 13.2 Å². The lowest BCUT2D eigenvalue weighted by molar-refractivity contribution is -0.148. The minimum Gasteiger partial charge on any atom is -0.468 e. The molecule has 0 aliphatic carbocycles. The van der Waals surface area contributed by atoms with Gasteiger partial charge in [-0.1, -0.05) is 29.8 Å². The summed E-state index contributed by atoms with van der Waals surface area (Å²) in [4.78, 5) is 30.7. The largest absolute Gasteiger partial charge is 0.468 e. The van der Waals surface area contributed by atoms with Crippen molar-refractivity contribution < 1.29 is 22.7 Å². The van der Waals surface area contributed by atoms with E-state index in [9.17, 15) is 18.0 Å². The van der Waals surface area contributed by atoms with Gasteiger partial charge in [0.15, 0.2) is 9.84 Å². The molecular formula is C20H28ClN3O5S. The molecule has 1 aromatic rings. The van der Waals surface area contributed by atoms with E-state index in [1.165, 1.54) is 7.11 Å². The van der Waals surface area contributed by atoms with Crippen LogP contribution in [0.2, 0.25) is 5.02 Å². The van der Waals surface area contributed by atoms with E-state index in [4.69, 9.17) is 16.3 Å². The van der Waals surface area contributed by atoms with Gasteiger partial charge < -0.3 is 9.64 Å². The number of amides is 1. The first kappa shape index (κ1) is 23.0. The molecule has 3 rings (SSSR count). The smallest absolute Gasteiger partial charge is 0.327 e. The molecule has 2 heterocycles. The van der Waals surface area contributed by atoms with Gasteiger partial charge in [-0.3, -0.25) is 14.6 Å². The maximum atomic E-state index is 12.6. The van der Waals surface area contributed by atoms with Gasteiger partial charge in [0.2, 0.25) is 5.91 Å². The van der Waals surface area contributed by atoms with E-state index in [1.807, 2.05) is 28.0 Å². The second-order valence-electron chi connectivity index (χ2n) is 7.82. The van der Waals surface area contributed by atoms with Crippen LogP contribution in [0.3, 0.4) is 0 Å². The quantitative estimate of drug-likeness (QED) is 0.584. The van der Waals surface area contributed by atoms with Crippen molar-refractivity contribution in [3.05, 3.63) is 34.9 Å². The van der Waals surface area contributed by atoms with Crippen LogP contribution >= 0.6 is 11.6 Å². The van der Waals surface area contributed by atoms with Crippen LogP contribution < -0.4 is 0 Å². The number of rotatable bonds is 6. The summed E-state index contributed by atoms with van der Waals surface area (Å²) in [5.74, 6) is -0.261. The first-order valence-corrected chi connectivity index (χ1v) is 12.2. The van der Waals surface area contributed by atoms with Gasteiger partial charge in [-0.15, -0.1) is 0 Å². The lowest BCUT2D eigenvalue weighted by atomic mass is 10.0. The van der Waals surface area contributed by atoms with E-state index in [2.05, 4.69) is 0 Å². The highest BCUT2D eigenvalue weighted by molar-refractivity contribution is 7.91. The van der Waals surface area contributed by atoms with Gasteiger partial charge >= 0.3 is 5.97 Å². The van der Waals surface area contributed by atoms with Crippen molar-refractivity contribution in [1.29, 1.82) is 0 Å². The van der Waals surface area contributed by atoms with E-state index < -0.39 is 15.9 Å². The van der Waals surface area contributed by atoms with Gasteiger partial charge in [-0.2, -0.15) is 0 Å². The van der Waals surface area contributed by atoms with E-state index in [1.54, 1.807) is 18.0 Å². The molecule has 0 N–H and O–H groups in total. The van der Waals surface area contributed by atoms with Gasteiger partial charge in [-0.05, 0) is 18.1 Å². The lowest BCUT2D eigenvalue weighted by Gasteiger charge is -2.38. The number of carbonyl (C=O) groups excluding carboxylic acids is 2. The van der Waals surface area contributed by atoms with Crippen molar-refractivity contribution in [3.63, 3.8) is 0 Å². The minimum absolute atomic E-state index is 0.0433. The molecule has 2 aliphatic rings. The summed E-state index contributed by atoms with van der Waals surface area (Å²) < 4.78 is 28.4. The highest BCUT2D eigenvalue weighted by Gasteiger charge is 2.35. The number of halogens is 1. The lowest BCUT2D eigenvalue weighted by Crippen LogP contribution is -2.52. The van der Waals surface area contributed by atoms with E-state index >= 15 is 0 Å². The average molecular weight is 458 g/mol. The van der Waals surface area contributed by atoms with Gasteiger partial charge in [0.05, 0.1) is 25.2 Å². The predicted octanol–water partition coefficient (Wildman–Crippen LogP) is 0.817. The molecule has 2 saturated heterocycles. The molecule has 1 aromatic carbocycles. The summed E-state index contributed by atoms with van der Waals surface area (Å²) in [5, 5.41) is 0.513. The molecule has 0 saturated carbocycles. The first-order valence-electron chi connectivity index (χ1n) is 9.96. The Kier molecular flexibility index (Phi) is 7.38. The van der Waals surface area contributed by atoms with Crippen molar-refractivity contribution in [3.8, 4) is 0 Å². The SMILES string of the molecule is COC(=O)[C@H](c1ccccc1Cl)N1CCN(CC(=O)N(C)[C@H]2CCS(=O)(=O)C2)CC1. The van der Waals surface area contributed by atoms with Crippen molar-refractivity contribution in [2.45, 2.75) is 18.5 Å². The number of likely N-dealkylation sites (N-methyl/N-ethyl adjacent to an activating group) is 1. The molecule has 2 atom stereocenters. The third kappa shape index (κ3) is 5.32. The van der Waals surface area contributed by atoms with Crippen LogP contribution in [0.25, 0.3) is 0 Å². The number of nitrogens with zero attached hydrogens (tertiary/aromatic N) is 3. The van der Waals surface area contributed by atoms with Crippen LogP contribution in [-0.2, 0) is 24.2 Å². The zero-order valence-corrected chi connectivity index (χ0v) is 18.9. The fraction of sp³-hybridized carbons (Fsp3) is 0.600. The molecule has 0 radical (unpaired) electrons. The van der Waals surface area contributed by atoms with Crippen molar-refractivity contribution >= 4 is 33.3 Å². The monoisotopic (exact) mass is 457 g/mol. The highest BCUT2D eigenvalue weighted by Crippen LogP contribution is 2.29. The Morgan fingerprint density at radius 1 is 1.23 bits per heavy atom. The minimum atomic E-state index is -3.03. The van der Waals surface area contributed by atoms with Crippen LogP contribution in [0.4, 0.5) is 0 Å². The number of sulfone groups is 1. The number of benzene rings is 1. The Balaban J connectivity index is 1.58. The topological polar surface area (TPSA) is 87.2 Å². The summed E-state index contributed by atoms with van der Waals surface area (Å²) in [6, 6.07) is 6.40. The zero-order chi connectivity index (χ0) is 21.9. The Hall–Kier alpha value is -1.68. The molecular weight excluding hydrogens is 430 g/mol. The second-order valence-corrected chi connectivity index (χ2v) is 10.5. The van der Waals surface area contributed by atoms with Crippen LogP contribution in [-0.4, -0.2) is 99.4 Å². The number of piperazine rings is 1. The normalized spacial score (nSPS) is 23.1. The summed E-state index contributed by atoms with van der Waals surface area (Å²) in [6.07, 6.45) is 0.497. The van der Waals surface area contributed by atoms with Gasteiger partial charge in [0, 0.05) is 44.3 Å². The van der Waals surface area contributed by atoms with Crippen LogP contribution in [0.1, 0.15) is 18.0 Å². The predicted molar refractivity (Wildman–Crippen MR) is 114 cm³/mol. The summed E-state index contributed by atoms with van der Waals surface area (Å²) in [6.45, 7) is 2.62. The molecule has 8 nitrogen and oxygen atoms in total. The fourth-order valence-electron chi connectivity index (χ4n) is 4.05. The molecule has 2 fully saturated rings. The molecule has 30 heavy (non-hydrogen) atoms. The van der Waals surface area contributed by atoms with Crippen LogP contribution in [0, 0.1) is 0 Å². The molecule has 0 unspecified atom stereocenters. The number of hydrogen-bond acceptors (Lipinski definition) is 7. The van der Waals surface area contributed by atoms with E-state index in [0.29, 0.717) is 43.2 Å². The van der Waals surface area contributed by atoms with Crippen molar-refractivity contribution in [2.24, 2.45) is 0 Å². The Bertz CT molecular complexity index is 886. The highest BCUT2D eigenvalue weighted by atomic mass is 35.5. The van der Waals surface area contributed by atoms with Crippen molar-refractivity contribution in [2.75, 3.05) is 58.4 Å². The van der Waals surface area contributed by atoms with E-state index in [-0.39, 0.29) is 36.0 Å². The Labute approximate surface area is 182 Å². The standard InChI is InChI=1S/C20H28ClN3O5S/c1-22(15-7-12-30(27,28)14-15)18(25)13-23-8-10-24(11-9-23)19(20(26)29-2)16-5-3-4-6-17(16)21/h3-6,15,19H,7-14H2,1-2H3/t15-,19-/m0/s1. The Morgan fingerprint density at radius 3 is 2.47 bits per heavy atom. The summed E-state index contributed by atoms with van der Waals surface area (Å²) in [7, 11) is 0.00337. The molecule has 1 amide bonds. The number of ether oxygens (including phenoxy) is 1. The molecule has 166 valence electrons. The van der Waals surface area contributed by atoms with Crippen LogP contribution in [0.15, 0.2) is 24.3 Å². The first-order chi connectivity index (χ1) is 14.2. The number of carbonyl (C=O) groups is 2. The average Bonchev–Trinajstić information content (AvgIpc) is 3.09. The van der Waals surface area contributed by atoms with Gasteiger partial charge in [0.1, 0.15) is 6.04 Å². The zero-order valence-electron chi connectivity index (χ0n) is 17.3. The number of methoxy groups -OCH3 is 1. The molecule has 0 bridgehead atoms. The third-order valence-electron chi connectivity index (χ3n) is 5.90. The summed E-state index contributed by atoms with van der Waals surface area (Å²) >= 11 is 6.32. The number of esters is 1. The second kappa shape index (κ2) is 9.64. The maximum absolute atomic E-state index is 12.6. The van der Waals surface area contributed by atoms with Gasteiger partial charge in [0.25, 0.3) is 0 Å². The Morgan fingerprint density at radius 2 is 1.90 bits per heavy atom. The number of hydrogen-bond donors (Lipinski definition) is 0. The fourth-order valence-corrected chi connectivity index (χ4v) is 6.06. The molecule has 2 aliphatic heterocycles. The van der Waals surface area contributed by atoms with Crippen LogP contribution in [0.5, 0.6) is 0 Å². The third-order valence-corrected chi connectivity index (χ3v) is 8.00. The molecule has 10 heteroatoms. The van der Waals surface area contributed by atoms with E-state index in [0.717, 1.165) is 0 Å². The van der Waals surface area contributed by atoms with Crippen molar-refractivity contribution in [1.82, 2.24) is 14.7 Å². The molecule has 0 spiro atoms. The summed E-state index contributed by atoms with van der Waals surface area (Å²) in [5.41, 5.74) is 0.706.